The van der Waals surface area contributed by atoms with E-state index in [4.69, 9.17) is 0 Å². The number of hydrogen-bond donors (Lipinski definition) is 2. The minimum Gasteiger partial charge on any atom is -0.356 e. The van der Waals surface area contributed by atoms with E-state index >= 15 is 0 Å². The Labute approximate surface area is 157 Å². The molecule has 0 unspecified atom stereocenters. The predicted octanol–water partition coefficient (Wildman–Crippen LogP) is 4.95. The van der Waals surface area contributed by atoms with Gasteiger partial charge in [-0.1, -0.05) is 24.3 Å². The van der Waals surface area contributed by atoms with Crippen LogP contribution in [0.15, 0.2) is 72.8 Å². The highest BCUT2D eigenvalue weighted by Gasteiger charge is 2.05. The van der Waals surface area contributed by atoms with Gasteiger partial charge in [0.1, 0.15) is 5.82 Å². The molecular weight excluding hydrogens is 343 g/mol. The maximum atomic E-state index is 12.9. The van der Waals surface area contributed by atoms with Gasteiger partial charge in [-0.2, -0.15) is 0 Å². The maximum Gasteiger partial charge on any atom is 0.228 e. The van der Waals surface area contributed by atoms with E-state index in [0.717, 1.165) is 16.9 Å². The van der Waals surface area contributed by atoms with Gasteiger partial charge in [-0.25, -0.2) is 4.39 Å². The van der Waals surface area contributed by atoms with Crippen LogP contribution in [-0.2, 0) is 11.2 Å². The molecule has 0 heterocycles. The molecule has 27 heavy (non-hydrogen) atoms. The number of carbonyl (C=O) groups excluding carboxylic acids is 2. The second-order valence-corrected chi connectivity index (χ2v) is 6.19. The molecule has 0 bridgehead atoms. The minimum absolute atomic E-state index is 0.0119. The van der Waals surface area contributed by atoms with Crippen molar-refractivity contribution in [3.8, 4) is 0 Å². The summed E-state index contributed by atoms with van der Waals surface area (Å²) in [4.78, 5) is 23.6. The molecule has 0 saturated heterocycles. The number of amides is 1. The van der Waals surface area contributed by atoms with Gasteiger partial charge in [0.2, 0.25) is 5.91 Å². The second-order valence-electron chi connectivity index (χ2n) is 6.19. The van der Waals surface area contributed by atoms with Crippen LogP contribution in [0.4, 0.5) is 21.5 Å². The Morgan fingerprint density at radius 2 is 1.52 bits per heavy atom. The Morgan fingerprint density at radius 3 is 2.19 bits per heavy atom. The van der Waals surface area contributed by atoms with Crippen molar-refractivity contribution in [3.63, 3.8) is 0 Å². The summed E-state index contributed by atoms with van der Waals surface area (Å²) in [6.45, 7) is 1.53. The quantitative estimate of drug-likeness (QED) is 0.610. The van der Waals surface area contributed by atoms with Gasteiger partial charge in [0, 0.05) is 22.6 Å². The summed E-state index contributed by atoms with van der Waals surface area (Å²) < 4.78 is 12.9. The molecule has 3 aromatic carbocycles. The van der Waals surface area contributed by atoms with Crippen LogP contribution in [-0.4, -0.2) is 11.7 Å². The largest absolute Gasteiger partial charge is 0.356 e. The number of rotatable bonds is 6. The Balaban J connectivity index is 1.60. The number of Topliss-reactive ketones (excluding diaryl/α,β-unsaturated/α-hetero) is 1. The van der Waals surface area contributed by atoms with E-state index in [0.29, 0.717) is 11.3 Å². The third-order valence-electron chi connectivity index (χ3n) is 4.00. The van der Waals surface area contributed by atoms with Gasteiger partial charge in [-0.05, 0) is 61.0 Å². The Bertz CT molecular complexity index is 951. The third kappa shape index (κ3) is 5.25. The monoisotopic (exact) mass is 362 g/mol. The molecule has 136 valence electrons. The zero-order valence-electron chi connectivity index (χ0n) is 14.8. The van der Waals surface area contributed by atoms with Gasteiger partial charge in [-0.3, -0.25) is 9.59 Å². The average molecular weight is 362 g/mol. The summed E-state index contributed by atoms with van der Waals surface area (Å²) in [5.41, 5.74) is 3.72. The smallest absolute Gasteiger partial charge is 0.228 e. The molecule has 3 rings (SSSR count). The lowest BCUT2D eigenvalue weighted by atomic mass is 10.1. The summed E-state index contributed by atoms with van der Waals surface area (Å²) in [6, 6.07) is 20.4. The summed E-state index contributed by atoms with van der Waals surface area (Å²) in [5, 5.41) is 6.04. The highest BCUT2D eigenvalue weighted by molar-refractivity contribution is 5.95. The number of nitrogens with one attached hydrogen (secondary N) is 2. The van der Waals surface area contributed by atoms with Crippen LogP contribution in [0.25, 0.3) is 0 Å². The molecule has 0 aliphatic heterocycles. The van der Waals surface area contributed by atoms with E-state index in [1.807, 2.05) is 24.3 Å². The molecule has 0 saturated carbocycles. The molecule has 0 aromatic heterocycles. The van der Waals surface area contributed by atoms with Crippen LogP contribution in [0.2, 0.25) is 0 Å². The van der Waals surface area contributed by atoms with E-state index in [2.05, 4.69) is 10.6 Å². The van der Waals surface area contributed by atoms with Crippen molar-refractivity contribution in [2.24, 2.45) is 0 Å². The number of carbonyl (C=O) groups is 2. The maximum absolute atomic E-state index is 12.9. The average Bonchev–Trinajstić information content (AvgIpc) is 2.65. The molecule has 0 atom stereocenters. The van der Waals surface area contributed by atoms with Crippen LogP contribution in [0.5, 0.6) is 0 Å². The summed E-state index contributed by atoms with van der Waals surface area (Å²) in [5.74, 6) is -0.481. The Kier molecular flexibility index (Phi) is 5.61. The van der Waals surface area contributed by atoms with Crippen LogP contribution < -0.4 is 10.6 Å². The predicted molar refractivity (Wildman–Crippen MR) is 105 cm³/mol. The number of halogens is 1. The molecule has 4 nitrogen and oxygen atoms in total. The van der Waals surface area contributed by atoms with Gasteiger partial charge < -0.3 is 10.6 Å². The lowest BCUT2D eigenvalue weighted by molar-refractivity contribution is -0.115. The van der Waals surface area contributed by atoms with Crippen LogP contribution >= 0.6 is 0 Å². The molecule has 1 amide bonds. The molecule has 0 radical (unpaired) electrons. The van der Waals surface area contributed by atoms with Crippen molar-refractivity contribution in [1.29, 1.82) is 0 Å². The summed E-state index contributed by atoms with van der Waals surface area (Å²) in [7, 11) is 0. The van der Waals surface area contributed by atoms with E-state index in [1.165, 1.54) is 19.1 Å². The van der Waals surface area contributed by atoms with Crippen molar-refractivity contribution in [2.45, 2.75) is 13.3 Å². The van der Waals surface area contributed by atoms with Crippen molar-refractivity contribution < 1.29 is 14.0 Å². The molecule has 3 aromatic rings. The Hall–Kier alpha value is -3.47. The zero-order chi connectivity index (χ0) is 19.2. The molecule has 5 heteroatoms. The lowest BCUT2D eigenvalue weighted by Gasteiger charge is -2.09. The topological polar surface area (TPSA) is 58.2 Å². The highest BCUT2D eigenvalue weighted by Crippen LogP contribution is 2.20. The molecule has 0 fully saturated rings. The SMILES string of the molecule is CC(=O)c1cccc(Nc2ccc(NC(=O)Cc3ccc(F)cc3)cc2)c1. The first-order chi connectivity index (χ1) is 13.0. The number of hydrogen-bond acceptors (Lipinski definition) is 3. The van der Waals surface area contributed by atoms with Gasteiger partial charge >= 0.3 is 0 Å². The van der Waals surface area contributed by atoms with Gasteiger partial charge in [0.15, 0.2) is 5.78 Å². The van der Waals surface area contributed by atoms with Gasteiger partial charge in [-0.15, -0.1) is 0 Å². The number of anilines is 3. The van der Waals surface area contributed by atoms with E-state index in [-0.39, 0.29) is 23.9 Å². The molecule has 0 aliphatic carbocycles. The first kappa shape index (κ1) is 18.3. The highest BCUT2D eigenvalue weighted by atomic mass is 19.1. The lowest BCUT2D eigenvalue weighted by Crippen LogP contribution is -2.14. The van der Waals surface area contributed by atoms with Crippen LogP contribution in [0, 0.1) is 5.82 Å². The van der Waals surface area contributed by atoms with E-state index in [1.54, 1.807) is 36.4 Å². The fourth-order valence-electron chi connectivity index (χ4n) is 2.61. The normalized spacial score (nSPS) is 10.3. The fourth-order valence-corrected chi connectivity index (χ4v) is 2.61. The first-order valence-corrected chi connectivity index (χ1v) is 8.52. The molecule has 2 N–H and O–H groups in total. The zero-order valence-corrected chi connectivity index (χ0v) is 14.8. The van der Waals surface area contributed by atoms with Crippen molar-refractivity contribution >= 4 is 28.8 Å². The van der Waals surface area contributed by atoms with Gasteiger partial charge in [0.05, 0.1) is 6.42 Å². The second kappa shape index (κ2) is 8.27. The molecular formula is C22H19FN2O2. The summed E-state index contributed by atoms with van der Waals surface area (Å²) >= 11 is 0. The standard InChI is InChI=1S/C22H19FN2O2/c1-15(26)17-3-2-4-21(14-17)24-19-9-11-20(12-10-19)25-22(27)13-16-5-7-18(23)8-6-16/h2-12,14,24H,13H2,1H3,(H,25,27). The Morgan fingerprint density at radius 1 is 0.852 bits per heavy atom. The molecule has 0 spiro atoms. The van der Waals surface area contributed by atoms with E-state index in [9.17, 15) is 14.0 Å². The summed E-state index contributed by atoms with van der Waals surface area (Å²) in [6.07, 6.45) is 0.179. The van der Waals surface area contributed by atoms with Crippen LogP contribution in [0.3, 0.4) is 0 Å². The minimum atomic E-state index is -0.323. The third-order valence-corrected chi connectivity index (χ3v) is 4.00. The number of ketones is 1. The van der Waals surface area contributed by atoms with Crippen molar-refractivity contribution in [3.05, 3.63) is 89.7 Å². The fraction of sp³-hybridized carbons (Fsp3) is 0.0909. The van der Waals surface area contributed by atoms with E-state index < -0.39 is 0 Å². The van der Waals surface area contributed by atoms with Crippen LogP contribution in [0.1, 0.15) is 22.8 Å². The van der Waals surface area contributed by atoms with Gasteiger partial charge in [0.25, 0.3) is 0 Å². The van der Waals surface area contributed by atoms with Crippen molar-refractivity contribution in [2.75, 3.05) is 10.6 Å². The van der Waals surface area contributed by atoms with Crippen molar-refractivity contribution in [1.82, 2.24) is 0 Å². The molecule has 0 aliphatic rings. The first-order valence-electron chi connectivity index (χ1n) is 8.52. The number of benzene rings is 3.